The number of ether oxygens (including phenoxy) is 1. The first-order chi connectivity index (χ1) is 8.25. The van der Waals surface area contributed by atoms with Gasteiger partial charge in [0.1, 0.15) is 0 Å². The number of hydrogen-bond donors (Lipinski definition) is 0. The van der Waals surface area contributed by atoms with Crippen LogP contribution in [0, 0.1) is 0 Å². The predicted molar refractivity (Wildman–Crippen MR) is 65.7 cm³/mol. The van der Waals surface area contributed by atoms with Crippen LogP contribution in [0.25, 0.3) is 0 Å². The Hall–Kier alpha value is -1.45. The highest BCUT2D eigenvalue weighted by molar-refractivity contribution is 5.82. The van der Waals surface area contributed by atoms with Crippen LogP contribution in [0.2, 0.25) is 0 Å². The zero-order valence-corrected chi connectivity index (χ0v) is 11.1. The first-order valence-electron chi connectivity index (χ1n) is 5.83. The Morgan fingerprint density at radius 1 is 1.28 bits per heavy atom. The summed E-state index contributed by atoms with van der Waals surface area (Å²) in [7, 11) is 1.29. The average Bonchev–Trinajstić information content (AvgIpc) is 2.37. The second-order valence-electron chi connectivity index (χ2n) is 4.76. The van der Waals surface area contributed by atoms with Crippen LogP contribution in [-0.4, -0.2) is 13.1 Å². The van der Waals surface area contributed by atoms with Crippen molar-refractivity contribution in [2.75, 3.05) is 7.11 Å². The second kappa shape index (κ2) is 5.04. The molecule has 0 bridgehead atoms. The molecular weight excluding hydrogens is 238 g/mol. The first kappa shape index (κ1) is 14.6. The minimum Gasteiger partial charge on any atom is -0.468 e. The van der Waals surface area contributed by atoms with Gasteiger partial charge in [0.15, 0.2) is 0 Å². The van der Waals surface area contributed by atoms with Crippen molar-refractivity contribution in [3.05, 3.63) is 35.4 Å². The normalized spacial score (nSPS) is 12.3. The van der Waals surface area contributed by atoms with Crippen molar-refractivity contribution in [2.45, 2.75) is 38.5 Å². The Kier molecular flexibility index (Phi) is 4.09. The number of rotatable bonds is 4. The lowest BCUT2D eigenvalue weighted by molar-refractivity contribution is -0.146. The summed E-state index contributed by atoms with van der Waals surface area (Å²) in [6.45, 7) is 4.74. The molecule has 0 radical (unpaired) electrons. The van der Waals surface area contributed by atoms with Gasteiger partial charge in [-0.05, 0) is 25.5 Å². The van der Waals surface area contributed by atoms with E-state index in [1.165, 1.54) is 26.2 Å². The Morgan fingerprint density at radius 2 is 1.83 bits per heavy atom. The van der Waals surface area contributed by atoms with Gasteiger partial charge in [-0.1, -0.05) is 25.1 Å². The van der Waals surface area contributed by atoms with Crippen molar-refractivity contribution in [2.24, 2.45) is 0 Å². The van der Waals surface area contributed by atoms with E-state index in [1.54, 1.807) is 26.0 Å². The monoisotopic (exact) mass is 256 g/mol. The highest BCUT2D eigenvalue weighted by Gasteiger charge is 2.34. The van der Waals surface area contributed by atoms with Crippen LogP contribution in [0.4, 0.5) is 8.78 Å². The summed E-state index contributed by atoms with van der Waals surface area (Å²) < 4.78 is 31.9. The molecule has 0 spiro atoms. The lowest BCUT2D eigenvalue weighted by atomic mass is 9.83. The van der Waals surface area contributed by atoms with Gasteiger partial charge < -0.3 is 4.74 Å². The molecule has 0 saturated heterocycles. The van der Waals surface area contributed by atoms with Crippen LogP contribution in [0.5, 0.6) is 0 Å². The van der Waals surface area contributed by atoms with E-state index in [-0.39, 0.29) is 12.0 Å². The standard InChI is InChI=1S/C14H18F2O2/c1-5-14(15,16)11-8-6-7-10(9-11)13(2,3)12(17)18-4/h6-9H,5H2,1-4H3. The largest absolute Gasteiger partial charge is 0.468 e. The molecule has 0 atom stereocenters. The predicted octanol–water partition coefficient (Wildman–Crippen LogP) is 3.64. The summed E-state index contributed by atoms with van der Waals surface area (Å²) in [5.74, 6) is -3.32. The molecule has 0 unspecified atom stereocenters. The van der Waals surface area contributed by atoms with Gasteiger partial charge in [-0.25, -0.2) is 8.78 Å². The lowest BCUT2D eigenvalue weighted by Crippen LogP contribution is -2.30. The fraction of sp³-hybridized carbons (Fsp3) is 0.500. The van der Waals surface area contributed by atoms with Crippen LogP contribution >= 0.6 is 0 Å². The molecule has 2 nitrogen and oxygen atoms in total. The fourth-order valence-electron chi connectivity index (χ4n) is 1.71. The van der Waals surface area contributed by atoms with Crippen molar-refractivity contribution in [1.82, 2.24) is 0 Å². The number of benzene rings is 1. The van der Waals surface area contributed by atoms with Gasteiger partial charge in [-0.3, -0.25) is 4.79 Å². The van der Waals surface area contributed by atoms with Crippen LogP contribution in [0.3, 0.4) is 0 Å². The number of alkyl halides is 2. The maximum absolute atomic E-state index is 13.6. The first-order valence-corrected chi connectivity index (χ1v) is 5.83. The lowest BCUT2D eigenvalue weighted by Gasteiger charge is -2.24. The summed E-state index contributed by atoms with van der Waals surface area (Å²) in [5, 5.41) is 0. The molecule has 0 N–H and O–H groups in total. The molecule has 1 aromatic carbocycles. The summed E-state index contributed by atoms with van der Waals surface area (Å²) in [5.41, 5.74) is -0.478. The molecule has 1 aromatic rings. The maximum Gasteiger partial charge on any atom is 0.315 e. The van der Waals surface area contributed by atoms with E-state index in [2.05, 4.69) is 0 Å². The fourth-order valence-corrected chi connectivity index (χ4v) is 1.71. The number of methoxy groups -OCH3 is 1. The Morgan fingerprint density at radius 3 is 2.33 bits per heavy atom. The molecule has 4 heteroatoms. The van der Waals surface area contributed by atoms with Crippen LogP contribution < -0.4 is 0 Å². The van der Waals surface area contributed by atoms with Gasteiger partial charge in [0.05, 0.1) is 12.5 Å². The quantitative estimate of drug-likeness (QED) is 0.769. The van der Waals surface area contributed by atoms with Gasteiger partial charge in [0.25, 0.3) is 5.92 Å². The van der Waals surface area contributed by atoms with E-state index in [0.717, 1.165) is 0 Å². The molecule has 0 fully saturated rings. The van der Waals surface area contributed by atoms with Crippen LogP contribution in [0.1, 0.15) is 38.3 Å². The third kappa shape index (κ3) is 2.68. The molecule has 0 saturated carbocycles. The van der Waals surface area contributed by atoms with Gasteiger partial charge in [0, 0.05) is 12.0 Å². The molecule has 0 aliphatic rings. The molecule has 1 rings (SSSR count). The minimum absolute atomic E-state index is 0.0699. The average molecular weight is 256 g/mol. The molecule has 0 aromatic heterocycles. The van der Waals surface area contributed by atoms with Crippen LogP contribution in [-0.2, 0) is 20.9 Å². The zero-order valence-electron chi connectivity index (χ0n) is 11.1. The third-order valence-corrected chi connectivity index (χ3v) is 3.15. The van der Waals surface area contributed by atoms with Crippen molar-refractivity contribution < 1.29 is 18.3 Å². The molecule has 0 aliphatic carbocycles. The van der Waals surface area contributed by atoms with Gasteiger partial charge in [-0.15, -0.1) is 0 Å². The van der Waals surface area contributed by atoms with E-state index in [9.17, 15) is 13.6 Å². The Balaban J connectivity index is 3.21. The number of esters is 1. The number of carbonyl (C=O) groups excluding carboxylic acids is 1. The van der Waals surface area contributed by atoms with Crippen molar-refractivity contribution in [3.8, 4) is 0 Å². The SMILES string of the molecule is CCC(F)(F)c1cccc(C(C)(C)C(=O)OC)c1. The molecule has 0 amide bonds. The summed E-state index contributed by atoms with van der Waals surface area (Å²) in [4.78, 5) is 11.7. The second-order valence-corrected chi connectivity index (χ2v) is 4.76. The van der Waals surface area contributed by atoms with E-state index in [0.29, 0.717) is 5.56 Å². The Bertz CT molecular complexity index is 439. The molecule has 18 heavy (non-hydrogen) atoms. The van der Waals surface area contributed by atoms with E-state index in [1.807, 2.05) is 0 Å². The zero-order chi connectivity index (χ0) is 14.0. The van der Waals surface area contributed by atoms with E-state index >= 15 is 0 Å². The highest BCUT2D eigenvalue weighted by Crippen LogP contribution is 2.34. The van der Waals surface area contributed by atoms with E-state index in [4.69, 9.17) is 4.74 Å². The third-order valence-electron chi connectivity index (χ3n) is 3.15. The summed E-state index contributed by atoms with van der Waals surface area (Å²) >= 11 is 0. The minimum atomic E-state index is -2.87. The summed E-state index contributed by atoms with van der Waals surface area (Å²) in [6.07, 6.45) is -0.269. The Labute approximate surface area is 106 Å². The smallest absolute Gasteiger partial charge is 0.315 e. The number of carbonyl (C=O) groups is 1. The van der Waals surface area contributed by atoms with Gasteiger partial charge in [0.2, 0.25) is 0 Å². The van der Waals surface area contributed by atoms with Crippen molar-refractivity contribution in [3.63, 3.8) is 0 Å². The van der Waals surface area contributed by atoms with Crippen LogP contribution in [0.15, 0.2) is 24.3 Å². The van der Waals surface area contributed by atoms with Crippen molar-refractivity contribution in [1.29, 1.82) is 0 Å². The number of halogens is 2. The summed E-state index contributed by atoms with van der Waals surface area (Å²) in [6, 6.07) is 5.95. The molecule has 100 valence electrons. The van der Waals surface area contributed by atoms with Gasteiger partial charge >= 0.3 is 5.97 Å². The topological polar surface area (TPSA) is 26.3 Å². The van der Waals surface area contributed by atoms with Crippen molar-refractivity contribution >= 4 is 5.97 Å². The molecule has 0 heterocycles. The molecular formula is C14H18F2O2. The highest BCUT2D eigenvalue weighted by atomic mass is 19.3. The van der Waals surface area contributed by atoms with Gasteiger partial charge in [-0.2, -0.15) is 0 Å². The number of hydrogen-bond acceptors (Lipinski definition) is 2. The van der Waals surface area contributed by atoms with E-state index < -0.39 is 17.3 Å². The molecule has 0 aliphatic heterocycles. The maximum atomic E-state index is 13.6.